The number of unbranched alkanes of at least 4 members (excludes halogenated alkanes) is 4. The Bertz CT molecular complexity index is 124. The minimum atomic E-state index is 0.952. The third kappa shape index (κ3) is 10.4. The third-order valence-electron chi connectivity index (χ3n) is 3.05. The normalized spacial score (nSPS) is 11.2. The quantitative estimate of drug-likeness (QED) is 0.473. The Kier molecular flexibility index (Phi) is 12.9. The molecule has 0 spiro atoms. The lowest BCUT2D eigenvalue weighted by Gasteiger charge is -2.17. The molecule has 0 bridgehead atoms. The van der Waals surface area contributed by atoms with Gasteiger partial charge in [-0.25, -0.2) is 0 Å². The van der Waals surface area contributed by atoms with Crippen LogP contribution in [0.1, 0.15) is 59.3 Å². The van der Waals surface area contributed by atoms with Gasteiger partial charge in [0.15, 0.2) is 0 Å². The van der Waals surface area contributed by atoms with Crippen molar-refractivity contribution in [3.05, 3.63) is 0 Å². The molecule has 0 saturated heterocycles. The lowest BCUT2D eigenvalue weighted by atomic mass is 10.2. The third-order valence-corrected chi connectivity index (χ3v) is 3.05. The van der Waals surface area contributed by atoms with E-state index in [1.165, 1.54) is 58.2 Å². The topological polar surface area (TPSA) is 12.5 Å². The van der Waals surface area contributed by atoms with E-state index in [-0.39, 0.29) is 0 Å². The molecule has 0 unspecified atom stereocenters. The van der Waals surface area contributed by atoms with Crippen LogP contribution in [0, 0.1) is 0 Å². The summed E-state index contributed by atoms with van der Waals surface area (Å²) in [6.07, 6.45) is 7.72. The van der Waals surface area contributed by atoms with Crippen molar-refractivity contribution in [2.24, 2.45) is 0 Å². The van der Waals surface area contributed by atoms with Crippen LogP contribution in [0.5, 0.6) is 0 Å². The van der Waals surface area contributed by atoms with Crippen molar-refractivity contribution in [2.45, 2.75) is 59.3 Å². The van der Waals surface area contributed by atoms with E-state index in [9.17, 15) is 0 Å². The number of nitrogens with zero attached hydrogens (tertiary/aromatic N) is 1. The zero-order valence-corrected chi connectivity index (χ0v) is 11.6. The summed E-state index contributed by atoms with van der Waals surface area (Å²) in [5.74, 6) is 0. The molecule has 0 aliphatic carbocycles. The number of hydrogen-bond acceptors (Lipinski definition) is 2. The highest BCUT2D eigenvalue weighted by molar-refractivity contribution is 4.52. The van der Waals surface area contributed by atoms with Crippen LogP contribution in [0.25, 0.3) is 0 Å². The highest BCUT2D eigenvalue weighted by atomic mass is 16.5. The fourth-order valence-electron chi connectivity index (χ4n) is 1.81. The van der Waals surface area contributed by atoms with E-state index in [1.807, 2.05) is 0 Å². The van der Waals surface area contributed by atoms with Gasteiger partial charge in [-0.2, -0.15) is 0 Å². The van der Waals surface area contributed by atoms with Gasteiger partial charge in [0.2, 0.25) is 0 Å². The predicted octanol–water partition coefficient (Wildman–Crippen LogP) is 3.71. The van der Waals surface area contributed by atoms with Crippen LogP contribution in [0.4, 0.5) is 0 Å². The smallest absolute Gasteiger partial charge is 0.0466 e. The summed E-state index contributed by atoms with van der Waals surface area (Å²) in [5.41, 5.74) is 0. The van der Waals surface area contributed by atoms with E-state index in [1.54, 1.807) is 0 Å². The van der Waals surface area contributed by atoms with Crippen molar-refractivity contribution in [1.29, 1.82) is 0 Å². The van der Waals surface area contributed by atoms with E-state index >= 15 is 0 Å². The number of hydrogen-bond donors (Lipinski definition) is 0. The first kappa shape index (κ1) is 15.9. The molecular weight excluding hydrogens is 198 g/mol. The monoisotopic (exact) mass is 229 g/mol. The van der Waals surface area contributed by atoms with E-state index in [2.05, 4.69) is 25.7 Å². The van der Waals surface area contributed by atoms with Crippen LogP contribution < -0.4 is 0 Å². The van der Waals surface area contributed by atoms with Gasteiger partial charge in [0.05, 0.1) is 0 Å². The molecule has 0 rings (SSSR count). The summed E-state index contributed by atoms with van der Waals surface area (Å²) in [6.45, 7) is 12.2. The zero-order chi connectivity index (χ0) is 12.1. The molecule has 0 aromatic heterocycles. The van der Waals surface area contributed by atoms with Crippen molar-refractivity contribution in [1.82, 2.24) is 4.90 Å². The summed E-state index contributed by atoms with van der Waals surface area (Å²) in [5, 5.41) is 0. The molecule has 0 aliphatic rings. The Labute approximate surface area is 102 Å². The van der Waals surface area contributed by atoms with Crippen molar-refractivity contribution in [3.63, 3.8) is 0 Å². The maximum absolute atomic E-state index is 5.61. The van der Waals surface area contributed by atoms with E-state index < -0.39 is 0 Å². The molecule has 0 N–H and O–H groups in total. The van der Waals surface area contributed by atoms with Crippen LogP contribution in [-0.4, -0.2) is 37.7 Å². The zero-order valence-electron chi connectivity index (χ0n) is 11.6. The molecule has 16 heavy (non-hydrogen) atoms. The average Bonchev–Trinajstić information content (AvgIpc) is 2.32. The van der Waals surface area contributed by atoms with Gasteiger partial charge in [-0.1, -0.05) is 40.0 Å². The molecular formula is C14H31NO. The minimum absolute atomic E-state index is 0.952. The summed E-state index contributed by atoms with van der Waals surface area (Å²) >= 11 is 0. The van der Waals surface area contributed by atoms with Crippen molar-refractivity contribution in [2.75, 3.05) is 32.8 Å². The second-order valence-corrected chi connectivity index (χ2v) is 4.41. The van der Waals surface area contributed by atoms with Gasteiger partial charge in [0.25, 0.3) is 0 Å². The molecule has 0 radical (unpaired) electrons. The van der Waals surface area contributed by atoms with Gasteiger partial charge in [-0.05, 0) is 38.9 Å². The fraction of sp³-hybridized carbons (Fsp3) is 1.00. The summed E-state index contributed by atoms with van der Waals surface area (Å²) in [7, 11) is 0. The largest absolute Gasteiger partial charge is 0.381 e. The predicted molar refractivity (Wildman–Crippen MR) is 72.0 cm³/mol. The van der Waals surface area contributed by atoms with E-state index in [4.69, 9.17) is 4.74 Å². The Morgan fingerprint density at radius 3 is 1.94 bits per heavy atom. The molecule has 0 atom stereocenters. The first-order chi connectivity index (χ1) is 7.85. The minimum Gasteiger partial charge on any atom is -0.381 e. The SMILES string of the molecule is CCCCCCOCCCCN(CC)CC. The van der Waals surface area contributed by atoms with Crippen LogP contribution >= 0.6 is 0 Å². The van der Waals surface area contributed by atoms with E-state index in [0.717, 1.165) is 13.2 Å². The summed E-state index contributed by atoms with van der Waals surface area (Å²) < 4.78 is 5.61. The number of ether oxygens (including phenoxy) is 1. The maximum Gasteiger partial charge on any atom is 0.0466 e. The lowest BCUT2D eigenvalue weighted by molar-refractivity contribution is 0.123. The van der Waals surface area contributed by atoms with Crippen LogP contribution in [-0.2, 0) is 4.74 Å². The van der Waals surface area contributed by atoms with Crippen molar-refractivity contribution in [3.8, 4) is 0 Å². The molecule has 98 valence electrons. The molecule has 2 nitrogen and oxygen atoms in total. The fourth-order valence-corrected chi connectivity index (χ4v) is 1.81. The Morgan fingerprint density at radius 1 is 0.750 bits per heavy atom. The molecule has 0 aromatic rings. The second-order valence-electron chi connectivity index (χ2n) is 4.41. The average molecular weight is 229 g/mol. The Balaban J connectivity index is 3.03. The van der Waals surface area contributed by atoms with Gasteiger partial charge in [0, 0.05) is 13.2 Å². The highest BCUT2D eigenvalue weighted by Crippen LogP contribution is 2.00. The second kappa shape index (κ2) is 13.0. The maximum atomic E-state index is 5.61. The van der Waals surface area contributed by atoms with Crippen molar-refractivity contribution >= 4 is 0 Å². The molecule has 0 saturated carbocycles. The van der Waals surface area contributed by atoms with Crippen molar-refractivity contribution < 1.29 is 4.74 Å². The van der Waals surface area contributed by atoms with Crippen LogP contribution in [0.15, 0.2) is 0 Å². The van der Waals surface area contributed by atoms with Crippen LogP contribution in [0.3, 0.4) is 0 Å². The van der Waals surface area contributed by atoms with Gasteiger partial charge >= 0.3 is 0 Å². The number of rotatable bonds is 12. The molecule has 0 heterocycles. The Morgan fingerprint density at radius 2 is 1.38 bits per heavy atom. The Hall–Kier alpha value is -0.0800. The first-order valence-corrected chi connectivity index (χ1v) is 7.15. The van der Waals surface area contributed by atoms with Gasteiger partial charge in [0.1, 0.15) is 0 Å². The standard InChI is InChI=1S/C14H31NO/c1-4-7-8-10-13-16-14-11-9-12-15(5-2)6-3/h4-14H2,1-3H3. The molecule has 0 fully saturated rings. The van der Waals surface area contributed by atoms with Gasteiger partial charge in [-0.15, -0.1) is 0 Å². The molecule has 0 aliphatic heterocycles. The van der Waals surface area contributed by atoms with Gasteiger partial charge < -0.3 is 9.64 Å². The molecule has 0 aromatic carbocycles. The lowest BCUT2D eigenvalue weighted by Crippen LogP contribution is -2.24. The molecule has 0 amide bonds. The van der Waals surface area contributed by atoms with Gasteiger partial charge in [-0.3, -0.25) is 0 Å². The first-order valence-electron chi connectivity index (χ1n) is 7.15. The summed E-state index contributed by atoms with van der Waals surface area (Å²) in [4.78, 5) is 2.47. The molecule has 2 heteroatoms. The highest BCUT2D eigenvalue weighted by Gasteiger charge is 1.97. The summed E-state index contributed by atoms with van der Waals surface area (Å²) in [6, 6.07) is 0. The van der Waals surface area contributed by atoms with E-state index in [0.29, 0.717) is 0 Å². The van der Waals surface area contributed by atoms with Crippen LogP contribution in [0.2, 0.25) is 0 Å².